The second kappa shape index (κ2) is 4.97. The van der Waals surface area contributed by atoms with E-state index >= 15 is 0 Å². The minimum Gasteiger partial charge on any atom is -0.480 e. The summed E-state index contributed by atoms with van der Waals surface area (Å²) in [5.74, 6) is -0.813. The fourth-order valence-electron chi connectivity index (χ4n) is 1.22. The van der Waals surface area contributed by atoms with Crippen LogP contribution in [-0.4, -0.2) is 28.6 Å². The van der Waals surface area contributed by atoms with E-state index in [9.17, 15) is 4.79 Å². The van der Waals surface area contributed by atoms with Gasteiger partial charge in [0.15, 0.2) is 0 Å². The first-order valence-electron chi connectivity index (χ1n) is 5.03. The quantitative estimate of drug-likeness (QED) is 0.925. The largest absolute Gasteiger partial charge is 0.480 e. The van der Waals surface area contributed by atoms with Gasteiger partial charge in [0, 0.05) is 11.0 Å². The van der Waals surface area contributed by atoms with Gasteiger partial charge in [-0.05, 0) is 38.6 Å². The van der Waals surface area contributed by atoms with Crippen molar-refractivity contribution in [3.8, 4) is 0 Å². The van der Waals surface area contributed by atoms with Crippen molar-refractivity contribution >= 4 is 21.9 Å². The van der Waals surface area contributed by atoms with Crippen molar-refractivity contribution in [2.45, 2.75) is 25.9 Å². The van der Waals surface area contributed by atoms with Crippen LogP contribution in [-0.2, 0) is 11.3 Å². The average Bonchev–Trinajstić information content (AvgIpc) is 2.21. The molecule has 4 heteroatoms. The first kappa shape index (κ1) is 13.2. The van der Waals surface area contributed by atoms with Gasteiger partial charge in [0.25, 0.3) is 0 Å². The minimum absolute atomic E-state index is 0.618. The second-order valence-electron chi connectivity index (χ2n) is 4.35. The van der Waals surface area contributed by atoms with Crippen LogP contribution in [0.4, 0.5) is 0 Å². The van der Waals surface area contributed by atoms with Crippen LogP contribution in [0.1, 0.15) is 19.4 Å². The Bertz CT molecular complexity index is 373. The highest BCUT2D eigenvalue weighted by Gasteiger charge is 2.31. The molecule has 0 saturated carbocycles. The van der Waals surface area contributed by atoms with Crippen molar-refractivity contribution in [2.75, 3.05) is 7.05 Å². The van der Waals surface area contributed by atoms with E-state index < -0.39 is 11.5 Å². The van der Waals surface area contributed by atoms with Crippen LogP contribution in [0.5, 0.6) is 0 Å². The molecule has 1 N–H and O–H groups in total. The number of nitrogens with zero attached hydrogens (tertiary/aromatic N) is 1. The summed E-state index contributed by atoms with van der Waals surface area (Å²) in [5.41, 5.74) is 0.243. The molecule has 0 atom stereocenters. The molecular formula is C12H16BrNO2. The number of hydrogen-bond donors (Lipinski definition) is 1. The molecule has 0 unspecified atom stereocenters. The molecule has 0 bridgehead atoms. The van der Waals surface area contributed by atoms with Crippen LogP contribution in [0.2, 0.25) is 0 Å². The van der Waals surface area contributed by atoms with Gasteiger partial charge in [-0.2, -0.15) is 0 Å². The Morgan fingerprint density at radius 2 is 1.88 bits per heavy atom. The predicted molar refractivity (Wildman–Crippen MR) is 67.3 cm³/mol. The number of likely N-dealkylation sites (N-methyl/N-ethyl adjacent to an activating group) is 1. The van der Waals surface area contributed by atoms with Crippen LogP contribution < -0.4 is 0 Å². The Balaban J connectivity index is 2.75. The van der Waals surface area contributed by atoms with Crippen molar-refractivity contribution in [1.82, 2.24) is 4.90 Å². The fraction of sp³-hybridized carbons (Fsp3) is 0.417. The Labute approximate surface area is 104 Å². The van der Waals surface area contributed by atoms with E-state index in [4.69, 9.17) is 5.11 Å². The maximum absolute atomic E-state index is 11.1. The number of halogens is 1. The number of carboxylic acid groups (broad SMARTS) is 1. The Hall–Kier alpha value is -0.870. The number of carbonyl (C=O) groups is 1. The minimum atomic E-state index is -0.854. The molecule has 0 aliphatic carbocycles. The van der Waals surface area contributed by atoms with E-state index in [1.165, 1.54) is 0 Å². The van der Waals surface area contributed by atoms with E-state index in [0.717, 1.165) is 10.0 Å². The monoisotopic (exact) mass is 285 g/mol. The molecule has 88 valence electrons. The molecule has 0 spiro atoms. The number of benzene rings is 1. The third-order valence-corrected chi connectivity index (χ3v) is 3.34. The van der Waals surface area contributed by atoms with E-state index in [2.05, 4.69) is 15.9 Å². The van der Waals surface area contributed by atoms with E-state index in [1.54, 1.807) is 13.8 Å². The summed E-state index contributed by atoms with van der Waals surface area (Å²) >= 11 is 3.37. The number of carboxylic acids is 1. The maximum Gasteiger partial charge on any atom is 0.323 e. The average molecular weight is 286 g/mol. The second-order valence-corrected chi connectivity index (χ2v) is 5.26. The maximum atomic E-state index is 11.1. The summed E-state index contributed by atoms with van der Waals surface area (Å²) in [6.45, 7) is 4.02. The molecule has 0 aromatic heterocycles. The van der Waals surface area contributed by atoms with Crippen molar-refractivity contribution < 1.29 is 9.90 Å². The highest BCUT2D eigenvalue weighted by Crippen LogP contribution is 2.17. The van der Waals surface area contributed by atoms with Gasteiger partial charge in [-0.1, -0.05) is 28.1 Å². The van der Waals surface area contributed by atoms with Gasteiger partial charge in [0.2, 0.25) is 0 Å². The molecular weight excluding hydrogens is 270 g/mol. The zero-order chi connectivity index (χ0) is 12.3. The lowest BCUT2D eigenvalue weighted by Crippen LogP contribution is -2.47. The highest BCUT2D eigenvalue weighted by atomic mass is 79.9. The summed E-state index contributed by atoms with van der Waals surface area (Å²) in [6, 6.07) is 7.88. The molecule has 0 aliphatic rings. The van der Waals surface area contributed by atoms with Crippen LogP contribution >= 0.6 is 15.9 Å². The van der Waals surface area contributed by atoms with Gasteiger partial charge < -0.3 is 5.11 Å². The molecule has 0 heterocycles. The molecule has 1 rings (SSSR count). The first-order valence-corrected chi connectivity index (χ1v) is 5.82. The Morgan fingerprint density at radius 1 is 1.38 bits per heavy atom. The van der Waals surface area contributed by atoms with Crippen LogP contribution in [0.25, 0.3) is 0 Å². The summed E-state index contributed by atoms with van der Waals surface area (Å²) in [7, 11) is 1.82. The van der Waals surface area contributed by atoms with Crippen molar-refractivity contribution in [1.29, 1.82) is 0 Å². The van der Waals surface area contributed by atoms with E-state index in [1.807, 2.05) is 36.2 Å². The topological polar surface area (TPSA) is 40.5 Å². The predicted octanol–water partition coefficient (Wildman–Crippen LogP) is 2.74. The highest BCUT2D eigenvalue weighted by molar-refractivity contribution is 9.10. The van der Waals surface area contributed by atoms with Gasteiger partial charge in [-0.25, -0.2) is 0 Å². The molecule has 0 saturated heterocycles. The SMILES string of the molecule is CN(Cc1ccc(Br)cc1)C(C)(C)C(=O)O. The molecule has 0 fully saturated rings. The molecule has 1 aromatic rings. The lowest BCUT2D eigenvalue weighted by molar-refractivity contribution is -0.148. The normalized spacial score (nSPS) is 11.8. The number of aliphatic carboxylic acids is 1. The lowest BCUT2D eigenvalue weighted by atomic mass is 10.0. The van der Waals surface area contributed by atoms with Crippen LogP contribution in [0.15, 0.2) is 28.7 Å². The zero-order valence-corrected chi connectivity index (χ0v) is 11.3. The summed E-state index contributed by atoms with van der Waals surface area (Å²) in [4.78, 5) is 12.9. The summed E-state index contributed by atoms with van der Waals surface area (Å²) in [6.07, 6.45) is 0. The van der Waals surface area contributed by atoms with Gasteiger partial charge in [-0.15, -0.1) is 0 Å². The molecule has 16 heavy (non-hydrogen) atoms. The molecule has 3 nitrogen and oxygen atoms in total. The van der Waals surface area contributed by atoms with Crippen molar-refractivity contribution in [3.63, 3.8) is 0 Å². The van der Waals surface area contributed by atoms with Crippen LogP contribution in [0, 0.1) is 0 Å². The lowest BCUT2D eigenvalue weighted by Gasteiger charge is -2.31. The van der Waals surface area contributed by atoms with Gasteiger partial charge in [-0.3, -0.25) is 9.69 Å². The van der Waals surface area contributed by atoms with E-state index in [-0.39, 0.29) is 0 Å². The standard InChI is InChI=1S/C12H16BrNO2/c1-12(2,11(15)16)14(3)8-9-4-6-10(13)7-5-9/h4-7H,8H2,1-3H3,(H,15,16). The van der Waals surface area contributed by atoms with E-state index in [0.29, 0.717) is 6.54 Å². The first-order chi connectivity index (χ1) is 7.34. The van der Waals surface area contributed by atoms with Gasteiger partial charge in [0.05, 0.1) is 0 Å². The molecule has 0 radical (unpaired) electrons. The molecule has 0 amide bonds. The zero-order valence-electron chi connectivity index (χ0n) is 9.70. The smallest absolute Gasteiger partial charge is 0.323 e. The third-order valence-electron chi connectivity index (χ3n) is 2.81. The van der Waals surface area contributed by atoms with Gasteiger partial charge in [0.1, 0.15) is 5.54 Å². The fourth-order valence-corrected chi connectivity index (χ4v) is 1.49. The Kier molecular flexibility index (Phi) is 4.10. The third kappa shape index (κ3) is 3.06. The van der Waals surface area contributed by atoms with Gasteiger partial charge >= 0.3 is 5.97 Å². The molecule has 0 aliphatic heterocycles. The number of rotatable bonds is 4. The molecule has 1 aromatic carbocycles. The Morgan fingerprint density at radius 3 is 2.31 bits per heavy atom. The number of hydrogen-bond acceptors (Lipinski definition) is 2. The summed E-state index contributed by atoms with van der Waals surface area (Å²) < 4.78 is 1.02. The summed E-state index contributed by atoms with van der Waals surface area (Å²) in [5, 5.41) is 9.08. The van der Waals surface area contributed by atoms with Crippen molar-refractivity contribution in [2.24, 2.45) is 0 Å². The van der Waals surface area contributed by atoms with Crippen LogP contribution in [0.3, 0.4) is 0 Å². The van der Waals surface area contributed by atoms with Crippen molar-refractivity contribution in [3.05, 3.63) is 34.3 Å².